The van der Waals surface area contributed by atoms with E-state index in [0.29, 0.717) is 23.2 Å². The van der Waals surface area contributed by atoms with Gasteiger partial charge in [0.15, 0.2) is 0 Å². The normalized spacial score (nSPS) is 11.2. The summed E-state index contributed by atoms with van der Waals surface area (Å²) in [6.07, 6.45) is 1.38. The predicted octanol–water partition coefficient (Wildman–Crippen LogP) is 3.21. The largest absolute Gasteiger partial charge is 0.442 e. The van der Waals surface area contributed by atoms with E-state index in [1.165, 1.54) is 22.2 Å². The number of carbonyl (C=O) groups excluding carboxylic acids is 1. The Morgan fingerprint density at radius 1 is 1.46 bits per heavy atom. The van der Waals surface area contributed by atoms with Crippen molar-refractivity contribution in [3.63, 3.8) is 0 Å². The Morgan fingerprint density at radius 3 is 2.83 bits per heavy atom. The molecule has 24 heavy (non-hydrogen) atoms. The molecule has 8 heteroatoms. The minimum Gasteiger partial charge on any atom is -0.442 e. The minimum absolute atomic E-state index is 0.189. The summed E-state index contributed by atoms with van der Waals surface area (Å²) < 4.78 is 7.53. The molecule has 3 aromatic heterocycles. The van der Waals surface area contributed by atoms with E-state index in [4.69, 9.17) is 16.0 Å². The molecule has 0 aromatic carbocycles. The summed E-state index contributed by atoms with van der Waals surface area (Å²) in [6.45, 7) is 4.49. The van der Waals surface area contributed by atoms with Gasteiger partial charge in [-0.3, -0.25) is 9.59 Å². The van der Waals surface area contributed by atoms with Crippen LogP contribution in [0.1, 0.15) is 27.9 Å². The number of aromatic nitrogens is 2. The number of furan rings is 1. The Balaban J connectivity index is 2.05. The van der Waals surface area contributed by atoms with Crippen LogP contribution < -0.4 is 5.56 Å². The van der Waals surface area contributed by atoms with Gasteiger partial charge in [-0.1, -0.05) is 11.6 Å². The zero-order valence-corrected chi connectivity index (χ0v) is 15.1. The lowest BCUT2D eigenvalue weighted by Crippen LogP contribution is -2.31. The van der Waals surface area contributed by atoms with E-state index in [9.17, 15) is 9.59 Å². The number of aryl methyl sites for hydroxylation is 2. The fraction of sp³-hybridized carbons (Fsp3) is 0.312. The van der Waals surface area contributed by atoms with Crippen LogP contribution in [0, 0.1) is 6.92 Å². The summed E-state index contributed by atoms with van der Waals surface area (Å²) in [6, 6.07) is 3.70. The number of amides is 1. The number of thiophene rings is 1. The molecule has 3 rings (SSSR count). The lowest BCUT2D eigenvalue weighted by atomic mass is 10.1. The number of rotatable bonds is 4. The Hall–Kier alpha value is -2.12. The standard InChI is InChI=1S/C16H16ClN3O3S/c1-4-20(7-10-5-6-11(17)24-10)16(22)12-9(2)23-14-13(12)15(21)19(3)8-18-14/h5-6,8H,4,7H2,1-3H3. The number of carbonyl (C=O) groups is 1. The summed E-state index contributed by atoms with van der Waals surface area (Å²) in [5.74, 6) is 0.150. The van der Waals surface area contributed by atoms with Crippen molar-refractivity contribution in [1.29, 1.82) is 0 Å². The number of hydrogen-bond donors (Lipinski definition) is 0. The highest BCUT2D eigenvalue weighted by Gasteiger charge is 2.26. The molecule has 0 aliphatic heterocycles. The molecule has 6 nitrogen and oxygen atoms in total. The molecule has 0 atom stereocenters. The van der Waals surface area contributed by atoms with Crippen molar-refractivity contribution in [3.8, 4) is 0 Å². The van der Waals surface area contributed by atoms with Gasteiger partial charge < -0.3 is 13.9 Å². The maximum absolute atomic E-state index is 13.0. The zero-order chi connectivity index (χ0) is 17.4. The molecule has 0 aliphatic carbocycles. The van der Waals surface area contributed by atoms with Gasteiger partial charge >= 0.3 is 0 Å². The first-order valence-electron chi connectivity index (χ1n) is 7.40. The molecule has 0 spiro atoms. The molecule has 3 heterocycles. The van der Waals surface area contributed by atoms with Gasteiger partial charge in [-0.05, 0) is 26.0 Å². The third-order valence-corrected chi connectivity index (χ3v) is 5.02. The van der Waals surface area contributed by atoms with Gasteiger partial charge in [0.05, 0.1) is 16.4 Å². The van der Waals surface area contributed by atoms with Crippen LogP contribution in [0.25, 0.3) is 11.1 Å². The molecule has 0 radical (unpaired) electrons. The number of hydrogen-bond acceptors (Lipinski definition) is 5. The molecule has 0 N–H and O–H groups in total. The van der Waals surface area contributed by atoms with Crippen LogP contribution >= 0.6 is 22.9 Å². The highest BCUT2D eigenvalue weighted by atomic mass is 35.5. The highest BCUT2D eigenvalue weighted by Crippen LogP contribution is 2.26. The molecule has 0 aliphatic rings. The van der Waals surface area contributed by atoms with E-state index in [-0.39, 0.29) is 28.1 Å². The first-order valence-corrected chi connectivity index (χ1v) is 8.60. The molecule has 0 saturated carbocycles. The first-order chi connectivity index (χ1) is 11.4. The van der Waals surface area contributed by atoms with Crippen molar-refractivity contribution in [2.45, 2.75) is 20.4 Å². The molecular weight excluding hydrogens is 350 g/mol. The van der Waals surface area contributed by atoms with Gasteiger partial charge in [-0.2, -0.15) is 0 Å². The van der Waals surface area contributed by atoms with Gasteiger partial charge in [0.2, 0.25) is 5.71 Å². The Morgan fingerprint density at radius 2 is 2.21 bits per heavy atom. The van der Waals surface area contributed by atoms with Crippen LogP contribution in [0.4, 0.5) is 0 Å². The Bertz CT molecular complexity index is 973. The summed E-state index contributed by atoms with van der Waals surface area (Å²) >= 11 is 7.38. The van der Waals surface area contributed by atoms with Crippen molar-refractivity contribution in [2.24, 2.45) is 7.05 Å². The first kappa shape index (κ1) is 16.7. The maximum atomic E-state index is 13.0. The van der Waals surface area contributed by atoms with E-state index in [1.807, 2.05) is 13.0 Å². The molecule has 126 valence electrons. The summed E-state index contributed by atoms with van der Waals surface area (Å²) in [4.78, 5) is 32.1. The SMILES string of the molecule is CCN(Cc1ccc(Cl)s1)C(=O)c1c(C)oc2ncn(C)c(=O)c12. The molecule has 0 unspecified atom stereocenters. The van der Waals surface area contributed by atoms with E-state index in [1.54, 1.807) is 24.9 Å². The molecular formula is C16H16ClN3O3S. The van der Waals surface area contributed by atoms with Gasteiger partial charge in [-0.15, -0.1) is 11.3 Å². The van der Waals surface area contributed by atoms with Crippen molar-refractivity contribution < 1.29 is 9.21 Å². The van der Waals surface area contributed by atoms with Crippen LogP contribution in [0.5, 0.6) is 0 Å². The van der Waals surface area contributed by atoms with Gasteiger partial charge in [-0.25, -0.2) is 4.98 Å². The van der Waals surface area contributed by atoms with Gasteiger partial charge in [0.1, 0.15) is 17.5 Å². The van der Waals surface area contributed by atoms with Crippen LogP contribution in [-0.4, -0.2) is 26.9 Å². The Labute approximate surface area is 147 Å². The zero-order valence-electron chi connectivity index (χ0n) is 13.5. The third kappa shape index (κ3) is 2.85. The van der Waals surface area contributed by atoms with Crippen molar-refractivity contribution in [2.75, 3.05) is 6.54 Å². The second kappa shape index (κ2) is 6.41. The average molecular weight is 366 g/mol. The van der Waals surface area contributed by atoms with Crippen LogP contribution in [0.15, 0.2) is 27.7 Å². The molecule has 0 bridgehead atoms. The van der Waals surface area contributed by atoms with Crippen molar-refractivity contribution >= 4 is 39.9 Å². The molecule has 3 aromatic rings. The smallest absolute Gasteiger partial charge is 0.265 e. The van der Waals surface area contributed by atoms with Gasteiger partial charge in [0.25, 0.3) is 11.5 Å². The summed E-state index contributed by atoms with van der Waals surface area (Å²) in [7, 11) is 1.59. The maximum Gasteiger partial charge on any atom is 0.265 e. The van der Waals surface area contributed by atoms with Crippen LogP contribution in [-0.2, 0) is 13.6 Å². The fourth-order valence-electron chi connectivity index (χ4n) is 2.55. The van der Waals surface area contributed by atoms with Crippen molar-refractivity contribution in [3.05, 3.63) is 49.4 Å². The second-order valence-corrected chi connectivity index (χ2v) is 7.20. The second-order valence-electron chi connectivity index (χ2n) is 5.40. The number of halogens is 1. The van der Waals surface area contributed by atoms with Crippen LogP contribution in [0.3, 0.4) is 0 Å². The summed E-state index contributed by atoms with van der Waals surface area (Å²) in [5.41, 5.74) is 0.174. The summed E-state index contributed by atoms with van der Waals surface area (Å²) in [5, 5.41) is 0.227. The van der Waals surface area contributed by atoms with Gasteiger partial charge in [0, 0.05) is 18.5 Å². The van der Waals surface area contributed by atoms with E-state index in [2.05, 4.69) is 4.98 Å². The number of nitrogens with zero attached hydrogens (tertiary/aromatic N) is 3. The quantitative estimate of drug-likeness (QED) is 0.712. The Kier molecular flexibility index (Phi) is 4.47. The van der Waals surface area contributed by atoms with E-state index in [0.717, 1.165) is 4.88 Å². The minimum atomic E-state index is -0.296. The molecule has 1 amide bonds. The lowest BCUT2D eigenvalue weighted by Gasteiger charge is -2.19. The highest BCUT2D eigenvalue weighted by molar-refractivity contribution is 7.16. The topological polar surface area (TPSA) is 68.3 Å². The van der Waals surface area contributed by atoms with Crippen molar-refractivity contribution in [1.82, 2.24) is 14.5 Å². The predicted molar refractivity (Wildman–Crippen MR) is 93.7 cm³/mol. The van der Waals surface area contributed by atoms with Crippen LogP contribution in [0.2, 0.25) is 4.34 Å². The molecule has 0 saturated heterocycles. The monoisotopic (exact) mass is 365 g/mol. The molecule has 0 fully saturated rings. The fourth-order valence-corrected chi connectivity index (χ4v) is 3.66. The lowest BCUT2D eigenvalue weighted by molar-refractivity contribution is 0.0754. The van der Waals surface area contributed by atoms with E-state index >= 15 is 0 Å². The average Bonchev–Trinajstić information content (AvgIpc) is 3.11. The van der Waals surface area contributed by atoms with E-state index < -0.39 is 0 Å². The number of fused-ring (bicyclic) bond motifs is 1. The third-order valence-electron chi connectivity index (χ3n) is 3.81.